The molecule has 1 aliphatic rings. The van der Waals surface area contributed by atoms with Gasteiger partial charge in [0.2, 0.25) is 10.8 Å². The van der Waals surface area contributed by atoms with Gasteiger partial charge in [0.15, 0.2) is 0 Å². The molecule has 1 N–H and O–H groups in total. The number of thiazole rings is 1. The lowest BCUT2D eigenvalue weighted by atomic mass is 10.0. The van der Waals surface area contributed by atoms with Crippen LogP contribution < -0.4 is 0 Å². The molecule has 7 heteroatoms. The molecule has 0 bridgehead atoms. The molecule has 0 saturated carbocycles. The molecule has 1 fully saturated rings. The predicted octanol–water partition coefficient (Wildman–Crippen LogP) is 4.14. The van der Waals surface area contributed by atoms with Crippen LogP contribution in [0.2, 0.25) is 0 Å². The molecule has 0 spiro atoms. The number of aromatic hydroxyl groups is 1. The van der Waals surface area contributed by atoms with E-state index in [1.165, 1.54) is 36.2 Å². The Morgan fingerprint density at radius 1 is 1.25 bits per heavy atom. The molecule has 0 aliphatic carbocycles. The number of halogens is 1. The summed E-state index contributed by atoms with van der Waals surface area (Å²) >= 11 is 5.10. The number of rotatable bonds is 3. The number of benzene rings is 1. The van der Waals surface area contributed by atoms with Gasteiger partial charge in [-0.1, -0.05) is 45.8 Å². The fourth-order valence-electron chi connectivity index (χ4n) is 3.41. The molecule has 0 radical (unpaired) electrons. The fourth-order valence-corrected chi connectivity index (χ4v) is 4.99. The van der Waals surface area contributed by atoms with Crippen molar-refractivity contribution in [1.82, 2.24) is 19.5 Å². The summed E-state index contributed by atoms with van der Waals surface area (Å²) in [6.45, 7) is 3.93. The molecule has 1 saturated heterocycles. The van der Waals surface area contributed by atoms with Crippen LogP contribution in [0, 0.1) is 6.92 Å². The summed E-state index contributed by atoms with van der Waals surface area (Å²) < 4.78 is 2.61. The third-order valence-electron chi connectivity index (χ3n) is 4.47. The first-order valence-corrected chi connectivity index (χ1v) is 9.79. The van der Waals surface area contributed by atoms with E-state index in [2.05, 4.69) is 49.1 Å². The maximum Gasteiger partial charge on any atom is 0.230 e. The van der Waals surface area contributed by atoms with Crippen LogP contribution >= 0.6 is 27.3 Å². The van der Waals surface area contributed by atoms with Gasteiger partial charge in [-0.25, -0.2) is 4.98 Å². The molecule has 3 aromatic rings. The highest BCUT2D eigenvalue weighted by Gasteiger charge is 2.30. The summed E-state index contributed by atoms with van der Waals surface area (Å²) in [7, 11) is 0. The first-order chi connectivity index (χ1) is 11.6. The Morgan fingerprint density at radius 3 is 2.75 bits per heavy atom. The summed E-state index contributed by atoms with van der Waals surface area (Å²) in [4.78, 5) is 8.55. The normalized spacial score (nSPS) is 17.4. The first-order valence-electron chi connectivity index (χ1n) is 8.18. The second-order valence-corrected chi connectivity index (χ2v) is 8.12. The summed E-state index contributed by atoms with van der Waals surface area (Å²) in [5, 5.41) is 15.1. The van der Waals surface area contributed by atoms with E-state index in [1.54, 1.807) is 4.52 Å². The maximum absolute atomic E-state index is 10.8. The topological polar surface area (TPSA) is 53.7 Å². The fraction of sp³-hybridized carbons (Fsp3) is 0.412. The number of aromatic nitrogens is 3. The Morgan fingerprint density at radius 2 is 2.04 bits per heavy atom. The average Bonchev–Trinajstić information content (AvgIpc) is 3.07. The van der Waals surface area contributed by atoms with Gasteiger partial charge in [0.05, 0.1) is 10.9 Å². The number of nitrogens with zero attached hydrogens (tertiary/aromatic N) is 4. The summed E-state index contributed by atoms with van der Waals surface area (Å²) in [6.07, 6.45) is 3.68. The van der Waals surface area contributed by atoms with Crippen LogP contribution in [0.15, 0.2) is 28.7 Å². The van der Waals surface area contributed by atoms with E-state index >= 15 is 0 Å². The Bertz CT molecular complexity index is 869. The van der Waals surface area contributed by atoms with E-state index in [4.69, 9.17) is 0 Å². The van der Waals surface area contributed by atoms with Crippen LogP contribution in [0.25, 0.3) is 4.96 Å². The molecule has 0 unspecified atom stereocenters. The Hall–Kier alpha value is -1.44. The van der Waals surface area contributed by atoms with Gasteiger partial charge in [-0.3, -0.25) is 4.90 Å². The molecule has 1 aliphatic heterocycles. The highest BCUT2D eigenvalue weighted by atomic mass is 79.9. The van der Waals surface area contributed by atoms with Crippen molar-refractivity contribution < 1.29 is 5.11 Å². The molecule has 1 atom stereocenters. The van der Waals surface area contributed by atoms with Gasteiger partial charge in [-0.15, -0.1) is 5.10 Å². The largest absolute Gasteiger partial charge is 0.492 e. The minimum Gasteiger partial charge on any atom is -0.492 e. The van der Waals surface area contributed by atoms with Gasteiger partial charge in [0.25, 0.3) is 0 Å². The third kappa shape index (κ3) is 2.85. The first kappa shape index (κ1) is 16.1. The molecule has 4 rings (SSSR count). The lowest BCUT2D eigenvalue weighted by Crippen LogP contribution is -2.34. The zero-order valence-corrected chi connectivity index (χ0v) is 15.8. The zero-order chi connectivity index (χ0) is 16.7. The molecule has 126 valence electrons. The number of hydrogen-bond acceptors (Lipinski definition) is 5. The van der Waals surface area contributed by atoms with Crippen molar-refractivity contribution in [3.05, 3.63) is 45.0 Å². The number of fused-ring (bicyclic) bond motifs is 1. The number of likely N-dealkylation sites (tertiary alicyclic amines) is 1. The molecule has 2 aromatic heterocycles. The quantitative estimate of drug-likeness (QED) is 0.709. The standard InChI is InChI=1S/C17H19BrN4OS/c1-11-19-17-22(20-11)16(23)15(24-17)14(21-8-3-2-4-9-21)12-6-5-7-13(18)10-12/h5-7,10,14,23H,2-4,8-9H2,1H3/t14-/m0/s1. The van der Waals surface area contributed by atoms with E-state index in [0.29, 0.717) is 5.82 Å². The lowest BCUT2D eigenvalue weighted by molar-refractivity contribution is 0.186. The van der Waals surface area contributed by atoms with Gasteiger partial charge < -0.3 is 5.11 Å². The molecule has 24 heavy (non-hydrogen) atoms. The van der Waals surface area contributed by atoms with Crippen LogP contribution in [0.4, 0.5) is 0 Å². The van der Waals surface area contributed by atoms with Gasteiger partial charge in [0, 0.05) is 4.47 Å². The Labute approximate surface area is 153 Å². The molecule has 5 nitrogen and oxygen atoms in total. The highest BCUT2D eigenvalue weighted by molar-refractivity contribution is 9.10. The number of aryl methyl sites for hydroxylation is 1. The molecular weight excluding hydrogens is 388 g/mol. The summed E-state index contributed by atoms with van der Waals surface area (Å²) in [5.74, 6) is 0.895. The van der Waals surface area contributed by atoms with E-state index in [9.17, 15) is 5.11 Å². The van der Waals surface area contributed by atoms with Gasteiger partial charge in [-0.2, -0.15) is 4.52 Å². The van der Waals surface area contributed by atoms with Crippen LogP contribution in [0.3, 0.4) is 0 Å². The van der Waals surface area contributed by atoms with Crippen molar-refractivity contribution in [2.45, 2.75) is 32.2 Å². The summed E-state index contributed by atoms with van der Waals surface area (Å²) in [6, 6.07) is 8.39. The molecule has 0 amide bonds. The minimum absolute atomic E-state index is 0.0385. The summed E-state index contributed by atoms with van der Waals surface area (Å²) in [5.41, 5.74) is 1.18. The van der Waals surface area contributed by atoms with Crippen LogP contribution in [-0.2, 0) is 0 Å². The molecular formula is C17H19BrN4OS. The van der Waals surface area contributed by atoms with Crippen molar-refractivity contribution >= 4 is 32.2 Å². The number of piperidine rings is 1. The van der Waals surface area contributed by atoms with Crippen molar-refractivity contribution in [2.75, 3.05) is 13.1 Å². The SMILES string of the molecule is Cc1nc2sc([C@H](c3cccc(Br)c3)N3CCCCC3)c(O)n2n1. The van der Waals surface area contributed by atoms with Gasteiger partial charge in [0.1, 0.15) is 5.82 Å². The second kappa shape index (κ2) is 6.46. The van der Waals surface area contributed by atoms with Crippen molar-refractivity contribution in [1.29, 1.82) is 0 Å². The van der Waals surface area contributed by atoms with E-state index < -0.39 is 0 Å². The van der Waals surface area contributed by atoms with E-state index in [1.807, 2.05) is 13.0 Å². The van der Waals surface area contributed by atoms with Gasteiger partial charge >= 0.3 is 0 Å². The van der Waals surface area contributed by atoms with Crippen molar-refractivity contribution in [2.24, 2.45) is 0 Å². The zero-order valence-electron chi connectivity index (χ0n) is 13.4. The monoisotopic (exact) mass is 406 g/mol. The maximum atomic E-state index is 10.8. The second-order valence-electron chi connectivity index (χ2n) is 6.20. The third-order valence-corrected chi connectivity index (χ3v) is 6.04. The lowest BCUT2D eigenvalue weighted by Gasteiger charge is -2.34. The van der Waals surface area contributed by atoms with Crippen LogP contribution in [0.5, 0.6) is 5.88 Å². The predicted molar refractivity (Wildman–Crippen MR) is 98.7 cm³/mol. The average molecular weight is 407 g/mol. The van der Waals surface area contributed by atoms with Crippen molar-refractivity contribution in [3.63, 3.8) is 0 Å². The van der Waals surface area contributed by atoms with Crippen LogP contribution in [0.1, 0.15) is 41.6 Å². The minimum atomic E-state index is 0.0385. The highest BCUT2D eigenvalue weighted by Crippen LogP contribution is 2.41. The van der Waals surface area contributed by atoms with Gasteiger partial charge in [-0.05, 0) is 50.6 Å². The van der Waals surface area contributed by atoms with E-state index in [-0.39, 0.29) is 11.9 Å². The number of hydrogen-bond donors (Lipinski definition) is 1. The molecule has 3 heterocycles. The van der Waals surface area contributed by atoms with Crippen molar-refractivity contribution in [3.8, 4) is 5.88 Å². The smallest absolute Gasteiger partial charge is 0.230 e. The Balaban J connectivity index is 1.84. The van der Waals surface area contributed by atoms with Crippen LogP contribution in [-0.4, -0.2) is 37.7 Å². The molecule has 1 aromatic carbocycles. The Kier molecular flexibility index (Phi) is 4.32. The van der Waals surface area contributed by atoms with E-state index in [0.717, 1.165) is 27.4 Å².